The number of nitrogens with two attached hydrogens (primary N) is 1. The Morgan fingerprint density at radius 1 is 1.47 bits per heavy atom. The van der Waals surface area contributed by atoms with Crippen LogP contribution in [0.25, 0.3) is 0 Å². The summed E-state index contributed by atoms with van der Waals surface area (Å²) in [6.07, 6.45) is 0. The van der Waals surface area contributed by atoms with Crippen LogP contribution in [0.2, 0.25) is 0 Å². The Kier molecular flexibility index (Phi) is 3.96. The molecule has 0 radical (unpaired) electrons. The van der Waals surface area contributed by atoms with Gasteiger partial charge in [-0.3, -0.25) is 5.41 Å². The minimum absolute atomic E-state index is 0.00689. The van der Waals surface area contributed by atoms with E-state index in [1.54, 1.807) is 0 Å². The number of nitrogen functional groups attached to an aromatic ring is 1. The summed E-state index contributed by atoms with van der Waals surface area (Å²) in [7, 11) is 0. The second-order valence-corrected chi connectivity index (χ2v) is 4.31. The molecule has 1 aromatic carbocycles. The van der Waals surface area contributed by atoms with E-state index < -0.39 is 23.5 Å². The Labute approximate surface area is 109 Å². The molecule has 4 N–H and O–H groups in total. The number of halogens is 2. The molecule has 0 saturated carbocycles. The first-order chi connectivity index (χ1) is 9.04. The number of amidine groups is 1. The first-order valence-corrected chi connectivity index (χ1v) is 5.83. The van der Waals surface area contributed by atoms with E-state index in [0.717, 1.165) is 12.1 Å². The van der Waals surface area contributed by atoms with Gasteiger partial charge >= 0.3 is 0 Å². The summed E-state index contributed by atoms with van der Waals surface area (Å²) in [5.41, 5.74) is 4.99. The van der Waals surface area contributed by atoms with Gasteiger partial charge in [0.2, 0.25) is 0 Å². The van der Waals surface area contributed by atoms with Crippen molar-refractivity contribution >= 4 is 11.5 Å². The molecule has 1 heterocycles. The fraction of sp³-hybridized carbons (Fsp3) is 0.417. The molecule has 7 heteroatoms. The Morgan fingerprint density at radius 3 is 2.63 bits per heavy atom. The molecule has 1 aromatic rings. The van der Waals surface area contributed by atoms with Gasteiger partial charge in [0.15, 0.2) is 0 Å². The van der Waals surface area contributed by atoms with Crippen LogP contribution in [0, 0.1) is 17.0 Å². The largest absolute Gasteiger partial charge is 0.394 e. The van der Waals surface area contributed by atoms with E-state index in [2.05, 4.69) is 0 Å². The number of morpholine rings is 1. The maximum Gasteiger partial charge on any atom is 0.150 e. The molecule has 2 rings (SSSR count). The number of hydrogen-bond acceptors (Lipinski definition) is 4. The highest BCUT2D eigenvalue weighted by Crippen LogP contribution is 2.27. The van der Waals surface area contributed by atoms with E-state index in [0.29, 0.717) is 13.2 Å². The summed E-state index contributed by atoms with van der Waals surface area (Å²) >= 11 is 0. The van der Waals surface area contributed by atoms with Crippen molar-refractivity contribution in [3.05, 3.63) is 29.3 Å². The van der Waals surface area contributed by atoms with Crippen LogP contribution in [0.15, 0.2) is 12.1 Å². The quantitative estimate of drug-likeness (QED) is 0.550. The van der Waals surface area contributed by atoms with Gasteiger partial charge < -0.3 is 20.5 Å². The predicted molar refractivity (Wildman–Crippen MR) is 66.4 cm³/mol. The van der Waals surface area contributed by atoms with Crippen LogP contribution in [-0.2, 0) is 4.74 Å². The van der Waals surface area contributed by atoms with Crippen LogP contribution in [0.4, 0.5) is 14.5 Å². The maximum absolute atomic E-state index is 14.0. The lowest BCUT2D eigenvalue weighted by molar-refractivity contribution is 0.0720. The molecule has 0 aromatic heterocycles. The Bertz CT molecular complexity index is 473. The molecule has 1 fully saturated rings. The second kappa shape index (κ2) is 5.50. The lowest BCUT2D eigenvalue weighted by Gasteiger charge is -2.36. The van der Waals surface area contributed by atoms with E-state index in [4.69, 9.17) is 15.9 Å². The molecule has 1 saturated heterocycles. The van der Waals surface area contributed by atoms with Crippen molar-refractivity contribution in [1.82, 2.24) is 0 Å². The molecule has 1 unspecified atom stereocenters. The summed E-state index contributed by atoms with van der Waals surface area (Å²) in [4.78, 5) is 1.44. The average molecular weight is 271 g/mol. The molecule has 104 valence electrons. The first-order valence-electron chi connectivity index (χ1n) is 5.83. The molecule has 1 aliphatic rings. The number of anilines is 1. The minimum Gasteiger partial charge on any atom is -0.394 e. The Hall–Kier alpha value is -1.73. The van der Waals surface area contributed by atoms with Crippen molar-refractivity contribution in [2.75, 3.05) is 31.3 Å². The van der Waals surface area contributed by atoms with Crippen molar-refractivity contribution in [1.29, 1.82) is 5.41 Å². The topological polar surface area (TPSA) is 82.6 Å². The van der Waals surface area contributed by atoms with E-state index in [1.807, 2.05) is 0 Å². The third-order valence-corrected chi connectivity index (χ3v) is 3.05. The van der Waals surface area contributed by atoms with Gasteiger partial charge in [-0.05, 0) is 12.1 Å². The van der Waals surface area contributed by atoms with Crippen molar-refractivity contribution < 1.29 is 18.6 Å². The highest BCUT2D eigenvalue weighted by Gasteiger charge is 2.27. The third-order valence-electron chi connectivity index (χ3n) is 3.05. The van der Waals surface area contributed by atoms with Crippen LogP contribution in [0.1, 0.15) is 5.56 Å². The summed E-state index contributed by atoms with van der Waals surface area (Å²) in [5, 5.41) is 16.4. The van der Waals surface area contributed by atoms with Crippen LogP contribution in [-0.4, -0.2) is 43.3 Å². The first kappa shape index (κ1) is 13.7. The standard InChI is InChI=1S/C12H15F2N3O2/c13-9-3-7(12(15)16)4-10(14)11(9)17-1-2-19-6-8(17)5-18/h3-4,8,18H,1-2,5-6H2,(H3,15,16). The Balaban J connectivity index is 2.41. The van der Waals surface area contributed by atoms with Gasteiger partial charge in [-0.2, -0.15) is 0 Å². The molecule has 0 spiro atoms. The number of ether oxygens (including phenoxy) is 1. The molecule has 1 aliphatic heterocycles. The van der Waals surface area contributed by atoms with E-state index in [-0.39, 0.29) is 24.5 Å². The maximum atomic E-state index is 14.0. The van der Waals surface area contributed by atoms with Crippen molar-refractivity contribution in [2.24, 2.45) is 5.73 Å². The van der Waals surface area contributed by atoms with Gasteiger partial charge in [0, 0.05) is 12.1 Å². The highest BCUT2D eigenvalue weighted by molar-refractivity contribution is 5.95. The highest BCUT2D eigenvalue weighted by atomic mass is 19.1. The molecular formula is C12H15F2N3O2. The van der Waals surface area contributed by atoms with Gasteiger partial charge in [-0.25, -0.2) is 8.78 Å². The summed E-state index contributed by atoms with van der Waals surface area (Å²) in [6, 6.07) is 1.55. The predicted octanol–water partition coefficient (Wildman–Crippen LogP) is 0.446. The molecule has 5 nitrogen and oxygen atoms in total. The number of aliphatic hydroxyl groups is 1. The zero-order valence-corrected chi connectivity index (χ0v) is 10.2. The summed E-state index contributed by atoms with van der Waals surface area (Å²) < 4.78 is 33.2. The number of nitrogens with one attached hydrogen (secondary N) is 1. The zero-order chi connectivity index (χ0) is 14.0. The number of nitrogens with zero attached hydrogens (tertiary/aromatic N) is 1. The molecule has 0 amide bonds. The van der Waals surface area contributed by atoms with Gasteiger partial charge in [-0.15, -0.1) is 0 Å². The van der Waals surface area contributed by atoms with E-state index >= 15 is 0 Å². The smallest absolute Gasteiger partial charge is 0.150 e. The summed E-state index contributed by atoms with van der Waals surface area (Å²) in [5.74, 6) is -2.00. The van der Waals surface area contributed by atoms with Crippen molar-refractivity contribution in [2.45, 2.75) is 6.04 Å². The number of rotatable bonds is 3. The second-order valence-electron chi connectivity index (χ2n) is 4.31. The molecule has 1 atom stereocenters. The SMILES string of the molecule is N=C(N)c1cc(F)c(N2CCOCC2CO)c(F)c1. The minimum atomic E-state index is -0.800. The Morgan fingerprint density at radius 2 is 2.11 bits per heavy atom. The monoisotopic (exact) mass is 271 g/mol. The van der Waals surface area contributed by atoms with Crippen LogP contribution >= 0.6 is 0 Å². The molecular weight excluding hydrogens is 256 g/mol. The fourth-order valence-electron chi connectivity index (χ4n) is 2.10. The number of hydrogen-bond donors (Lipinski definition) is 3. The van der Waals surface area contributed by atoms with E-state index in [9.17, 15) is 13.9 Å². The van der Waals surface area contributed by atoms with E-state index in [1.165, 1.54) is 4.90 Å². The average Bonchev–Trinajstić information content (AvgIpc) is 2.38. The fourth-order valence-corrected chi connectivity index (χ4v) is 2.10. The normalized spacial score (nSPS) is 19.5. The number of benzene rings is 1. The number of aliphatic hydroxyl groups excluding tert-OH is 1. The molecule has 0 bridgehead atoms. The molecule has 0 aliphatic carbocycles. The zero-order valence-electron chi connectivity index (χ0n) is 10.2. The van der Waals surface area contributed by atoms with Crippen LogP contribution in [0.3, 0.4) is 0 Å². The van der Waals surface area contributed by atoms with Gasteiger partial charge in [0.25, 0.3) is 0 Å². The lowest BCUT2D eigenvalue weighted by Crippen LogP contribution is -2.48. The third kappa shape index (κ3) is 2.66. The summed E-state index contributed by atoms with van der Waals surface area (Å²) in [6.45, 7) is 0.583. The van der Waals surface area contributed by atoms with Gasteiger partial charge in [-0.1, -0.05) is 0 Å². The van der Waals surface area contributed by atoms with Crippen molar-refractivity contribution in [3.8, 4) is 0 Å². The van der Waals surface area contributed by atoms with Crippen LogP contribution < -0.4 is 10.6 Å². The molecule has 19 heavy (non-hydrogen) atoms. The lowest BCUT2D eigenvalue weighted by atomic mass is 10.1. The van der Waals surface area contributed by atoms with Gasteiger partial charge in [0.05, 0.1) is 25.9 Å². The van der Waals surface area contributed by atoms with Gasteiger partial charge in [0.1, 0.15) is 23.2 Å². The van der Waals surface area contributed by atoms with Crippen molar-refractivity contribution in [3.63, 3.8) is 0 Å². The van der Waals surface area contributed by atoms with Crippen LogP contribution in [0.5, 0.6) is 0 Å².